The van der Waals surface area contributed by atoms with Crippen LogP contribution in [-0.2, 0) is 36.1 Å². The van der Waals surface area contributed by atoms with Gasteiger partial charge in [0.25, 0.3) is 0 Å². The van der Waals surface area contributed by atoms with E-state index in [1.165, 1.54) is 21.5 Å². The summed E-state index contributed by atoms with van der Waals surface area (Å²) in [5.41, 5.74) is -1.75. The third-order valence-electron chi connectivity index (χ3n) is 4.45. The zero-order valence-electron chi connectivity index (χ0n) is 22.3. The Balaban J connectivity index is 0. The fourth-order valence-corrected chi connectivity index (χ4v) is 1.90. The van der Waals surface area contributed by atoms with Crippen LogP contribution in [0.1, 0.15) is 62.3 Å². The van der Waals surface area contributed by atoms with Crippen molar-refractivity contribution in [3.63, 3.8) is 0 Å². The molecule has 35 heavy (non-hydrogen) atoms. The van der Waals surface area contributed by atoms with E-state index in [4.69, 9.17) is 15.3 Å². The Bertz CT molecular complexity index is 985. The van der Waals surface area contributed by atoms with Gasteiger partial charge in [0.1, 0.15) is 0 Å². The molecule has 0 atom stereocenters. The fourth-order valence-electron chi connectivity index (χ4n) is 1.90. The van der Waals surface area contributed by atoms with Crippen molar-refractivity contribution in [1.29, 1.82) is 0 Å². The molecule has 0 aliphatic rings. The van der Waals surface area contributed by atoms with Gasteiger partial charge in [-0.3, -0.25) is 14.4 Å². The molecule has 7 heteroatoms. The van der Waals surface area contributed by atoms with E-state index in [0.29, 0.717) is 0 Å². The van der Waals surface area contributed by atoms with Crippen LogP contribution in [0.5, 0.6) is 0 Å². The molecule has 0 aromatic heterocycles. The molecule has 0 spiro atoms. The van der Waals surface area contributed by atoms with Crippen molar-refractivity contribution < 1.29 is 51.4 Å². The molecule has 0 amide bonds. The molecule has 3 aromatic rings. The van der Waals surface area contributed by atoms with E-state index in [0.717, 1.165) is 0 Å². The summed E-state index contributed by atoms with van der Waals surface area (Å²) in [6, 6.07) is 19.3. The molecule has 3 N–H and O–H groups in total. The van der Waals surface area contributed by atoms with Crippen LogP contribution in [0.15, 0.2) is 54.6 Å². The molecule has 3 aromatic carbocycles. The predicted molar refractivity (Wildman–Crippen MR) is 138 cm³/mol. The predicted octanol–water partition coefficient (Wildman–Crippen LogP) is 7.06. The molecule has 0 unspecified atom stereocenters. The van der Waals surface area contributed by atoms with Gasteiger partial charge in [-0.1, -0.05) is 36.4 Å². The van der Waals surface area contributed by atoms with Gasteiger partial charge in [-0.2, -0.15) is 0 Å². The quantitative estimate of drug-likeness (QED) is 0.217. The van der Waals surface area contributed by atoms with Gasteiger partial charge in [0.2, 0.25) is 0 Å². The minimum atomic E-state index is -0.757. The zero-order valence-corrected chi connectivity index (χ0v) is 23.8. The summed E-state index contributed by atoms with van der Waals surface area (Å²) in [5, 5.41) is 30.1. The number of aliphatic carboxylic acids is 3. The van der Waals surface area contributed by atoms with Crippen LogP contribution in [-0.4, -0.2) is 33.2 Å². The van der Waals surface area contributed by atoms with Crippen LogP contribution in [0.4, 0.5) is 0 Å². The third kappa shape index (κ3) is 13.2. The molecule has 0 saturated heterocycles. The summed E-state index contributed by atoms with van der Waals surface area (Å²) in [6.45, 7) is 15.0. The average Bonchev–Trinajstić information content (AvgIpc) is 3.06. The second kappa shape index (κ2) is 14.1. The summed E-state index contributed by atoms with van der Waals surface area (Å²) in [7, 11) is 0. The summed E-state index contributed by atoms with van der Waals surface area (Å²) in [5.74, 6) is -2.27. The molecule has 192 valence electrons. The summed E-state index contributed by atoms with van der Waals surface area (Å²) in [6.07, 6.45) is 0. The van der Waals surface area contributed by atoms with Crippen LogP contribution in [0.2, 0.25) is 0 Å². The second-order valence-corrected chi connectivity index (χ2v) is 11.0. The fraction of sp³-hybridized carbons (Fsp3) is 0.429. The minimum Gasteiger partial charge on any atom is -0.481 e. The first-order valence-electron chi connectivity index (χ1n) is 11.0. The molecule has 0 fully saturated rings. The van der Waals surface area contributed by atoms with Crippen LogP contribution >= 0.6 is 0 Å². The first-order valence-corrected chi connectivity index (χ1v) is 11.0. The maximum absolute atomic E-state index is 10.0. The topological polar surface area (TPSA) is 112 Å². The molecule has 0 bridgehead atoms. The second-order valence-electron chi connectivity index (χ2n) is 11.0. The SMILES string of the molecule is CC(C)(C)C(=O)O.CC(C)(C)C(=O)O.CC(C)(C)C(=O)O.[Ti].c1ccc2c(c1)[cH-]c1ccccc12. The zero-order chi connectivity index (χ0) is 26.9. The van der Waals surface area contributed by atoms with Crippen molar-refractivity contribution in [3.05, 3.63) is 54.6 Å². The van der Waals surface area contributed by atoms with Crippen molar-refractivity contribution in [2.75, 3.05) is 0 Å². The number of hydrogen-bond acceptors (Lipinski definition) is 3. The monoisotopic (exact) mass is 519 g/mol. The molecule has 6 nitrogen and oxygen atoms in total. The van der Waals surface area contributed by atoms with Gasteiger partial charge in [-0.15, -0.1) is 39.7 Å². The number of carboxylic acids is 3. The Labute approximate surface area is 223 Å². The Morgan fingerprint density at radius 3 is 0.943 bits per heavy atom. The molecule has 0 radical (unpaired) electrons. The van der Waals surface area contributed by atoms with Gasteiger partial charge in [0, 0.05) is 21.7 Å². The van der Waals surface area contributed by atoms with Crippen molar-refractivity contribution in [3.8, 4) is 0 Å². The Morgan fingerprint density at radius 2 is 0.743 bits per heavy atom. The van der Waals surface area contributed by atoms with Gasteiger partial charge in [0.05, 0.1) is 16.2 Å². The number of hydrogen-bond donors (Lipinski definition) is 3. The Hall–Kier alpha value is -2.57. The normalized spacial score (nSPS) is 10.9. The smallest absolute Gasteiger partial charge is 0.308 e. The van der Waals surface area contributed by atoms with Gasteiger partial charge < -0.3 is 15.3 Å². The van der Waals surface area contributed by atoms with Gasteiger partial charge in [-0.05, 0) is 62.3 Å². The number of fused-ring (bicyclic) bond motifs is 3. The largest absolute Gasteiger partial charge is 0.481 e. The van der Waals surface area contributed by atoms with Crippen LogP contribution in [0.25, 0.3) is 21.5 Å². The van der Waals surface area contributed by atoms with E-state index < -0.39 is 34.2 Å². The van der Waals surface area contributed by atoms with E-state index in [-0.39, 0.29) is 21.7 Å². The number of benzene rings is 2. The maximum Gasteiger partial charge on any atom is 0.308 e. The third-order valence-corrected chi connectivity index (χ3v) is 4.45. The van der Waals surface area contributed by atoms with Gasteiger partial charge >= 0.3 is 17.9 Å². The van der Waals surface area contributed by atoms with Crippen LogP contribution < -0.4 is 0 Å². The van der Waals surface area contributed by atoms with E-state index in [1.54, 1.807) is 62.3 Å². The van der Waals surface area contributed by atoms with Crippen molar-refractivity contribution in [1.82, 2.24) is 0 Å². The van der Waals surface area contributed by atoms with Gasteiger partial charge in [0.15, 0.2) is 0 Å². The maximum atomic E-state index is 10.0. The number of carbonyl (C=O) groups is 3. The van der Waals surface area contributed by atoms with Crippen LogP contribution in [0, 0.1) is 16.2 Å². The van der Waals surface area contributed by atoms with Crippen molar-refractivity contribution in [2.24, 2.45) is 16.2 Å². The Morgan fingerprint density at radius 1 is 0.543 bits per heavy atom. The summed E-state index contributed by atoms with van der Waals surface area (Å²) >= 11 is 0. The van der Waals surface area contributed by atoms with E-state index in [2.05, 4.69) is 54.6 Å². The number of rotatable bonds is 0. The molecule has 0 saturated carbocycles. The van der Waals surface area contributed by atoms with Crippen molar-refractivity contribution in [2.45, 2.75) is 62.3 Å². The molecular formula is C28H39O6Ti-. The molecule has 3 rings (SSSR count). The molecule has 0 aliphatic heterocycles. The van der Waals surface area contributed by atoms with Gasteiger partial charge in [-0.25, -0.2) is 0 Å². The molecule has 0 heterocycles. The molecule has 0 aliphatic carbocycles. The Kier molecular flexibility index (Phi) is 13.9. The summed E-state index contributed by atoms with van der Waals surface area (Å²) < 4.78 is 0. The minimum absolute atomic E-state index is 0. The standard InChI is InChI=1S/C13H9.3C5H10O2.Ti/c1-3-7-12-10(5-1)9-11-6-2-4-8-13(11)12;3*1-5(2,3)4(6)7;/h1-9H;3*1-3H3,(H,6,7);/q-1;;;;. The van der Waals surface area contributed by atoms with Crippen molar-refractivity contribution >= 4 is 39.5 Å². The van der Waals surface area contributed by atoms with E-state index in [9.17, 15) is 14.4 Å². The van der Waals surface area contributed by atoms with E-state index >= 15 is 0 Å². The number of carboxylic acid groups (broad SMARTS) is 3. The first kappa shape index (κ1) is 34.6. The van der Waals surface area contributed by atoms with E-state index in [1.807, 2.05) is 0 Å². The molecular weight excluding hydrogens is 480 g/mol. The van der Waals surface area contributed by atoms with Crippen LogP contribution in [0.3, 0.4) is 0 Å². The first-order chi connectivity index (χ1) is 15.3. The average molecular weight is 519 g/mol. The summed E-state index contributed by atoms with van der Waals surface area (Å²) in [4.78, 5) is 30.1.